The summed E-state index contributed by atoms with van der Waals surface area (Å²) >= 11 is 5.75. The molecule has 0 spiro atoms. The second-order valence-corrected chi connectivity index (χ2v) is 3.79. The second kappa shape index (κ2) is 8.06. The summed E-state index contributed by atoms with van der Waals surface area (Å²) in [5.74, 6) is 0. The summed E-state index contributed by atoms with van der Waals surface area (Å²) in [5.41, 5.74) is 2.98. The summed E-state index contributed by atoms with van der Waals surface area (Å²) in [6.45, 7) is 6.00. The lowest BCUT2D eigenvalue weighted by atomic mass is 10.1. The van der Waals surface area contributed by atoms with Crippen molar-refractivity contribution in [2.75, 3.05) is 7.05 Å². The van der Waals surface area contributed by atoms with E-state index in [4.69, 9.17) is 11.6 Å². The summed E-state index contributed by atoms with van der Waals surface area (Å²) in [7, 11) is 1.87. The van der Waals surface area contributed by atoms with E-state index in [2.05, 4.69) is 28.4 Å². The molecular formula is C15H16ClN3. The minimum absolute atomic E-state index is 0.265. The Balaban J connectivity index is 0.000000861. The van der Waals surface area contributed by atoms with E-state index in [1.165, 1.54) is 0 Å². The molecule has 98 valence electrons. The maximum atomic E-state index is 5.75. The lowest BCUT2D eigenvalue weighted by molar-refractivity contribution is 1.11. The van der Waals surface area contributed by atoms with Gasteiger partial charge >= 0.3 is 0 Å². The predicted molar refractivity (Wildman–Crippen MR) is 81.8 cm³/mol. The van der Waals surface area contributed by atoms with Crippen molar-refractivity contribution in [3.05, 3.63) is 66.7 Å². The maximum Gasteiger partial charge on any atom is 0.222 e. The van der Waals surface area contributed by atoms with Gasteiger partial charge in [-0.2, -0.15) is 0 Å². The van der Waals surface area contributed by atoms with Crippen LogP contribution in [0.5, 0.6) is 0 Å². The van der Waals surface area contributed by atoms with E-state index in [0.29, 0.717) is 0 Å². The summed E-state index contributed by atoms with van der Waals surface area (Å²) in [5, 5.41) is 3.22. The Morgan fingerprint density at radius 2 is 1.84 bits per heavy atom. The van der Waals surface area contributed by atoms with Gasteiger partial charge in [0.05, 0.1) is 5.69 Å². The van der Waals surface area contributed by atoms with Gasteiger partial charge in [0.1, 0.15) is 0 Å². The second-order valence-electron chi connectivity index (χ2n) is 3.45. The predicted octanol–water partition coefficient (Wildman–Crippen LogP) is 3.79. The molecule has 3 nitrogen and oxygen atoms in total. The van der Waals surface area contributed by atoms with Crippen molar-refractivity contribution >= 4 is 17.7 Å². The van der Waals surface area contributed by atoms with Crippen molar-refractivity contribution in [1.29, 1.82) is 0 Å². The smallest absolute Gasteiger partial charge is 0.222 e. The summed E-state index contributed by atoms with van der Waals surface area (Å²) in [6.07, 6.45) is 5.53. The molecular weight excluding hydrogens is 258 g/mol. The van der Waals surface area contributed by atoms with Gasteiger partial charge in [0.15, 0.2) is 0 Å². The molecule has 2 aromatic rings. The quantitative estimate of drug-likeness (QED) is 0.683. The third-order valence-electron chi connectivity index (χ3n) is 2.28. The Morgan fingerprint density at radius 1 is 1.16 bits per heavy atom. The van der Waals surface area contributed by atoms with E-state index in [0.717, 1.165) is 16.8 Å². The van der Waals surface area contributed by atoms with Crippen LogP contribution in [-0.2, 0) is 0 Å². The molecule has 0 radical (unpaired) electrons. The topological polar surface area (TPSA) is 37.8 Å². The Hall–Kier alpha value is -2.13. The molecule has 0 aliphatic rings. The van der Waals surface area contributed by atoms with Gasteiger partial charge in [-0.1, -0.05) is 24.3 Å². The van der Waals surface area contributed by atoms with E-state index in [1.54, 1.807) is 6.20 Å². The molecule has 2 rings (SSSR count). The molecule has 0 aliphatic carbocycles. The third kappa shape index (κ3) is 4.56. The van der Waals surface area contributed by atoms with Gasteiger partial charge in [-0.15, -0.1) is 13.2 Å². The van der Waals surface area contributed by atoms with Gasteiger partial charge in [0.25, 0.3) is 0 Å². The van der Waals surface area contributed by atoms with E-state index in [1.807, 2.05) is 49.7 Å². The van der Waals surface area contributed by atoms with Crippen LogP contribution in [-0.4, -0.2) is 17.0 Å². The summed E-state index contributed by atoms with van der Waals surface area (Å²) in [6, 6.07) is 9.91. The largest absolute Gasteiger partial charge is 0.394 e. The molecule has 0 unspecified atom stereocenters. The minimum atomic E-state index is 0.265. The highest BCUT2D eigenvalue weighted by atomic mass is 35.5. The van der Waals surface area contributed by atoms with Crippen molar-refractivity contribution in [2.45, 2.75) is 0 Å². The molecule has 0 bridgehead atoms. The zero-order valence-electron chi connectivity index (χ0n) is 10.8. The summed E-state index contributed by atoms with van der Waals surface area (Å²) < 4.78 is 0. The number of hydrogen-bond donors (Lipinski definition) is 1. The van der Waals surface area contributed by atoms with E-state index < -0.39 is 0 Å². The number of nitrogens with zero attached hydrogens (tertiary/aromatic N) is 2. The molecule has 0 atom stereocenters. The van der Waals surface area contributed by atoms with Crippen molar-refractivity contribution in [1.82, 2.24) is 15.3 Å². The molecule has 0 saturated heterocycles. The monoisotopic (exact) mass is 273 g/mol. The zero-order valence-corrected chi connectivity index (χ0v) is 11.6. The number of rotatable bonds is 3. The van der Waals surface area contributed by atoms with Crippen LogP contribution in [0.15, 0.2) is 55.9 Å². The van der Waals surface area contributed by atoms with Crippen LogP contribution in [0.1, 0.15) is 5.56 Å². The van der Waals surface area contributed by atoms with Crippen LogP contribution in [0, 0.1) is 0 Å². The van der Waals surface area contributed by atoms with E-state index in [-0.39, 0.29) is 5.28 Å². The van der Waals surface area contributed by atoms with Gasteiger partial charge in [-0.05, 0) is 35.5 Å². The standard InChI is InChI=1S/C13H12ClN3.C2H4/c1-15-8-6-10-2-4-11(5-3-10)12-7-9-16-13(14)17-12;1-2/h2-9,15H,1H3;1-2H2/b8-6-;. The van der Waals surface area contributed by atoms with Crippen molar-refractivity contribution < 1.29 is 0 Å². The van der Waals surface area contributed by atoms with Crippen molar-refractivity contribution in [3.8, 4) is 11.3 Å². The number of halogens is 1. The minimum Gasteiger partial charge on any atom is -0.394 e. The molecule has 0 aliphatic heterocycles. The van der Waals surface area contributed by atoms with Crippen LogP contribution < -0.4 is 5.32 Å². The lowest BCUT2D eigenvalue weighted by Crippen LogP contribution is -1.90. The first-order valence-electron chi connectivity index (χ1n) is 5.72. The Kier molecular flexibility index (Phi) is 6.33. The number of hydrogen-bond acceptors (Lipinski definition) is 3. The van der Waals surface area contributed by atoms with Gasteiger partial charge in [0.2, 0.25) is 5.28 Å². The van der Waals surface area contributed by atoms with Crippen molar-refractivity contribution in [2.24, 2.45) is 0 Å². The first kappa shape index (κ1) is 14.9. The van der Waals surface area contributed by atoms with Crippen LogP contribution >= 0.6 is 11.6 Å². The van der Waals surface area contributed by atoms with Crippen LogP contribution in [0.3, 0.4) is 0 Å². The molecule has 0 amide bonds. The third-order valence-corrected chi connectivity index (χ3v) is 2.46. The zero-order chi connectivity index (χ0) is 14.1. The Labute approximate surface area is 118 Å². The average Bonchev–Trinajstić information content (AvgIpc) is 2.48. The molecule has 1 aromatic carbocycles. The first-order valence-corrected chi connectivity index (χ1v) is 6.10. The maximum absolute atomic E-state index is 5.75. The van der Waals surface area contributed by atoms with Gasteiger partial charge in [-0.25, -0.2) is 9.97 Å². The van der Waals surface area contributed by atoms with Crippen LogP contribution in [0.2, 0.25) is 5.28 Å². The van der Waals surface area contributed by atoms with Gasteiger partial charge < -0.3 is 5.32 Å². The fourth-order valence-electron chi connectivity index (χ4n) is 1.44. The highest BCUT2D eigenvalue weighted by Crippen LogP contribution is 2.18. The highest BCUT2D eigenvalue weighted by molar-refractivity contribution is 6.28. The van der Waals surface area contributed by atoms with Gasteiger partial charge in [0, 0.05) is 18.8 Å². The molecule has 1 aromatic heterocycles. The molecule has 4 heteroatoms. The van der Waals surface area contributed by atoms with E-state index in [9.17, 15) is 0 Å². The fourth-order valence-corrected chi connectivity index (χ4v) is 1.59. The fraction of sp³-hybridized carbons (Fsp3) is 0.0667. The SMILES string of the molecule is C=C.CN/C=C\c1ccc(-c2ccnc(Cl)n2)cc1. The number of nitrogens with one attached hydrogen (secondary N) is 1. The molecule has 19 heavy (non-hydrogen) atoms. The van der Waals surface area contributed by atoms with Crippen molar-refractivity contribution in [3.63, 3.8) is 0 Å². The average molecular weight is 274 g/mol. The normalized spacial score (nSPS) is 9.79. The molecule has 1 N–H and O–H groups in total. The highest BCUT2D eigenvalue weighted by Gasteiger charge is 2.00. The van der Waals surface area contributed by atoms with Crippen LogP contribution in [0.25, 0.3) is 17.3 Å². The lowest BCUT2D eigenvalue weighted by Gasteiger charge is -2.01. The Morgan fingerprint density at radius 3 is 2.42 bits per heavy atom. The Bertz CT molecular complexity index is 535. The number of benzene rings is 1. The first-order chi connectivity index (χ1) is 9.29. The number of aromatic nitrogens is 2. The molecule has 0 fully saturated rings. The van der Waals surface area contributed by atoms with Gasteiger partial charge in [-0.3, -0.25) is 0 Å². The van der Waals surface area contributed by atoms with Crippen LogP contribution in [0.4, 0.5) is 0 Å². The van der Waals surface area contributed by atoms with E-state index >= 15 is 0 Å². The molecule has 1 heterocycles. The summed E-state index contributed by atoms with van der Waals surface area (Å²) in [4.78, 5) is 8.02. The molecule has 0 saturated carbocycles.